The van der Waals surface area contributed by atoms with E-state index in [0.29, 0.717) is 30.1 Å². The van der Waals surface area contributed by atoms with Crippen LogP contribution in [0.3, 0.4) is 0 Å². The molecule has 1 fully saturated rings. The zero-order chi connectivity index (χ0) is 18.3. The highest BCUT2D eigenvalue weighted by molar-refractivity contribution is 6.20. The Hall–Kier alpha value is -3.22. The Bertz CT molecular complexity index is 923. The Kier molecular flexibility index (Phi) is 3.91. The zero-order valence-corrected chi connectivity index (χ0v) is 14.1. The number of carbonyl (C=O) groups is 2. The van der Waals surface area contributed by atoms with Gasteiger partial charge in [0, 0.05) is 31.3 Å². The summed E-state index contributed by atoms with van der Waals surface area (Å²) >= 11 is 0. The third kappa shape index (κ3) is 2.81. The number of anilines is 1. The lowest BCUT2D eigenvalue weighted by molar-refractivity contribution is -0.119. The van der Waals surface area contributed by atoms with Crippen molar-refractivity contribution in [3.05, 3.63) is 65.5 Å². The van der Waals surface area contributed by atoms with E-state index >= 15 is 0 Å². The van der Waals surface area contributed by atoms with Crippen molar-refractivity contribution in [3.8, 4) is 0 Å². The highest BCUT2D eigenvalue weighted by Gasteiger charge is 2.34. The number of rotatable bonds is 2. The number of aliphatic imine (C=N–C) groups is 1. The molecule has 0 radical (unpaired) electrons. The molecular formula is C19H17FN4O2. The number of hydrogen-bond donors (Lipinski definition) is 1. The fourth-order valence-corrected chi connectivity index (χ4v) is 2.95. The molecule has 0 aliphatic carbocycles. The molecule has 0 saturated carbocycles. The normalized spacial score (nSPS) is 18.8. The molecular weight excluding hydrogens is 335 g/mol. The third-order valence-electron chi connectivity index (χ3n) is 4.47. The number of fused-ring (bicyclic) bond motifs is 1. The molecule has 2 aliphatic rings. The van der Waals surface area contributed by atoms with Gasteiger partial charge in [0.25, 0.3) is 5.91 Å². The third-order valence-corrected chi connectivity index (χ3v) is 4.47. The predicted octanol–water partition coefficient (Wildman–Crippen LogP) is 1.99. The van der Waals surface area contributed by atoms with E-state index in [1.807, 2.05) is 6.07 Å². The summed E-state index contributed by atoms with van der Waals surface area (Å²) in [7, 11) is 1.62. The number of urea groups is 1. The van der Waals surface area contributed by atoms with Crippen LogP contribution in [0, 0.1) is 5.82 Å². The largest absolute Gasteiger partial charge is 0.321 e. The maximum absolute atomic E-state index is 14.4. The maximum atomic E-state index is 14.4. The van der Waals surface area contributed by atoms with Gasteiger partial charge in [0.1, 0.15) is 5.82 Å². The van der Waals surface area contributed by atoms with E-state index in [1.165, 1.54) is 11.0 Å². The quantitative estimate of drug-likeness (QED) is 0.840. The Balaban J connectivity index is 1.85. The molecule has 4 rings (SSSR count). The van der Waals surface area contributed by atoms with Gasteiger partial charge in [-0.15, -0.1) is 0 Å². The predicted molar refractivity (Wildman–Crippen MR) is 95.8 cm³/mol. The Morgan fingerprint density at radius 2 is 1.77 bits per heavy atom. The van der Waals surface area contributed by atoms with E-state index in [2.05, 4.69) is 10.3 Å². The topological polar surface area (TPSA) is 64.8 Å². The van der Waals surface area contributed by atoms with Crippen LogP contribution in [-0.2, 0) is 4.79 Å². The zero-order valence-electron chi connectivity index (χ0n) is 14.1. The fourth-order valence-electron chi connectivity index (χ4n) is 2.95. The number of amides is 3. The molecule has 132 valence electrons. The molecule has 1 atom stereocenters. The number of likely N-dealkylation sites (N-methyl/N-ethyl adjacent to an activating group) is 1. The van der Waals surface area contributed by atoms with Crippen LogP contribution >= 0.6 is 0 Å². The Labute approximate surface area is 149 Å². The number of halogens is 1. The number of hydrogen-bond acceptors (Lipinski definition) is 3. The van der Waals surface area contributed by atoms with Crippen molar-refractivity contribution >= 4 is 23.3 Å². The average Bonchev–Trinajstić information content (AvgIpc) is 3.50. The van der Waals surface area contributed by atoms with E-state index in [4.69, 9.17) is 0 Å². The van der Waals surface area contributed by atoms with Gasteiger partial charge < -0.3 is 15.1 Å². The van der Waals surface area contributed by atoms with Crippen molar-refractivity contribution in [2.75, 3.05) is 25.0 Å². The molecule has 2 aromatic carbocycles. The van der Waals surface area contributed by atoms with Gasteiger partial charge in [-0.2, -0.15) is 0 Å². The second kappa shape index (κ2) is 6.25. The monoisotopic (exact) mass is 352 g/mol. The first-order valence-electron chi connectivity index (χ1n) is 8.31. The van der Waals surface area contributed by atoms with Crippen LogP contribution in [0.4, 0.5) is 14.9 Å². The summed E-state index contributed by atoms with van der Waals surface area (Å²) in [6.45, 7) is 1.32. The number of nitrogens with zero attached hydrogens (tertiary/aromatic N) is 3. The van der Waals surface area contributed by atoms with E-state index in [9.17, 15) is 14.0 Å². The fraction of sp³-hybridized carbons (Fsp3) is 0.211. The maximum Gasteiger partial charge on any atom is 0.319 e. The van der Waals surface area contributed by atoms with E-state index in [-0.39, 0.29) is 17.5 Å². The number of carbonyl (C=O) groups excluding carboxylic acids is 2. The minimum atomic E-state index is -1.12. The molecule has 6 nitrogen and oxygen atoms in total. The first-order chi connectivity index (χ1) is 12.6. The molecule has 0 bridgehead atoms. The molecule has 26 heavy (non-hydrogen) atoms. The first kappa shape index (κ1) is 16.3. The second-order valence-electron chi connectivity index (χ2n) is 6.21. The van der Waals surface area contributed by atoms with Crippen molar-refractivity contribution in [1.82, 2.24) is 10.2 Å². The molecule has 1 N–H and O–H groups in total. The van der Waals surface area contributed by atoms with Gasteiger partial charge in [0.05, 0.1) is 11.4 Å². The van der Waals surface area contributed by atoms with Crippen molar-refractivity contribution in [3.63, 3.8) is 0 Å². The average molecular weight is 352 g/mol. The molecule has 1 saturated heterocycles. The summed E-state index contributed by atoms with van der Waals surface area (Å²) < 4.78 is 14.4. The number of benzodiazepines with no additional fused rings is 1. The van der Waals surface area contributed by atoms with Crippen LogP contribution in [0.2, 0.25) is 0 Å². The lowest BCUT2D eigenvalue weighted by Crippen LogP contribution is -2.47. The van der Waals surface area contributed by atoms with Crippen molar-refractivity contribution in [2.24, 2.45) is 4.99 Å². The summed E-state index contributed by atoms with van der Waals surface area (Å²) in [4.78, 5) is 32.4. The van der Waals surface area contributed by atoms with Gasteiger partial charge in [0.15, 0.2) is 0 Å². The Morgan fingerprint density at radius 3 is 2.46 bits per heavy atom. The number of para-hydroxylation sites is 1. The number of nitrogens with one attached hydrogen (secondary N) is 1. The summed E-state index contributed by atoms with van der Waals surface area (Å²) in [6.07, 6.45) is -1.12. The van der Waals surface area contributed by atoms with E-state index in [1.54, 1.807) is 48.3 Å². The van der Waals surface area contributed by atoms with Crippen LogP contribution in [0.5, 0.6) is 0 Å². The van der Waals surface area contributed by atoms with Gasteiger partial charge in [-0.05, 0) is 18.2 Å². The molecule has 3 amide bonds. The minimum absolute atomic E-state index is 0.286. The van der Waals surface area contributed by atoms with Crippen molar-refractivity contribution in [1.29, 1.82) is 0 Å². The standard InChI is InChI=1S/C19H17FN4O2/c1-23-15-9-5-3-7-13(15)16(12-6-2-4-8-14(12)20)21-17(18(23)25)22-19(26)24-10-11-24/h2-9,17H,10-11H2,1H3,(H,22,26). The van der Waals surface area contributed by atoms with Gasteiger partial charge in [0.2, 0.25) is 6.17 Å². The SMILES string of the molecule is CN1C(=O)C(NC(=O)N2CC2)N=C(c2ccccc2F)c2ccccc21. The lowest BCUT2D eigenvalue weighted by atomic mass is 10.00. The minimum Gasteiger partial charge on any atom is -0.321 e. The van der Waals surface area contributed by atoms with E-state index in [0.717, 1.165) is 0 Å². The summed E-state index contributed by atoms with van der Waals surface area (Å²) in [5.41, 5.74) is 1.88. The smallest absolute Gasteiger partial charge is 0.319 e. The van der Waals surface area contributed by atoms with Crippen LogP contribution in [0.25, 0.3) is 0 Å². The van der Waals surface area contributed by atoms with Crippen LogP contribution in [-0.4, -0.2) is 48.9 Å². The second-order valence-corrected chi connectivity index (χ2v) is 6.21. The summed E-state index contributed by atoms with van der Waals surface area (Å²) in [6, 6.07) is 13.1. The van der Waals surface area contributed by atoms with Gasteiger partial charge in [-0.25, -0.2) is 14.2 Å². The summed E-state index contributed by atoms with van der Waals surface area (Å²) in [5, 5.41) is 2.64. The molecule has 1 unspecified atom stereocenters. The summed E-state index contributed by atoms with van der Waals surface area (Å²) in [5.74, 6) is -0.812. The van der Waals surface area contributed by atoms with Crippen LogP contribution in [0.15, 0.2) is 53.5 Å². The van der Waals surface area contributed by atoms with Crippen molar-refractivity contribution < 1.29 is 14.0 Å². The van der Waals surface area contributed by atoms with E-state index < -0.39 is 12.0 Å². The molecule has 2 aromatic rings. The van der Waals surface area contributed by atoms with Crippen LogP contribution in [0.1, 0.15) is 11.1 Å². The molecule has 0 aromatic heterocycles. The lowest BCUT2D eigenvalue weighted by Gasteiger charge is -2.20. The van der Waals surface area contributed by atoms with Crippen LogP contribution < -0.4 is 10.2 Å². The molecule has 7 heteroatoms. The Morgan fingerprint density at radius 1 is 1.12 bits per heavy atom. The van der Waals surface area contributed by atoms with Gasteiger partial charge in [-0.3, -0.25) is 4.79 Å². The first-order valence-corrected chi connectivity index (χ1v) is 8.31. The highest BCUT2D eigenvalue weighted by Crippen LogP contribution is 2.28. The van der Waals surface area contributed by atoms with Gasteiger partial charge >= 0.3 is 6.03 Å². The van der Waals surface area contributed by atoms with Crippen molar-refractivity contribution in [2.45, 2.75) is 6.17 Å². The molecule has 2 heterocycles. The number of benzene rings is 2. The highest BCUT2D eigenvalue weighted by atomic mass is 19.1. The molecule has 2 aliphatic heterocycles. The molecule has 0 spiro atoms. The van der Waals surface area contributed by atoms with Gasteiger partial charge in [-0.1, -0.05) is 30.3 Å².